The van der Waals surface area contributed by atoms with Crippen LogP contribution in [0.3, 0.4) is 0 Å². The molecule has 0 fully saturated rings. The number of rotatable bonds is 3. The van der Waals surface area contributed by atoms with Crippen LogP contribution in [0.5, 0.6) is 0 Å². The molecule has 0 unspecified atom stereocenters. The molecule has 0 saturated carbocycles. The number of nitrogens with zero attached hydrogens (tertiary/aromatic N) is 3. The number of benzene rings is 1. The van der Waals surface area contributed by atoms with Gasteiger partial charge in [0.1, 0.15) is 6.33 Å². The first-order chi connectivity index (χ1) is 6.95. The predicted octanol–water partition coefficient (Wildman–Crippen LogP) is 1.35. The Morgan fingerprint density at radius 2 is 2.14 bits per heavy atom. The van der Waals surface area contributed by atoms with Crippen molar-refractivity contribution in [3.05, 3.63) is 54.6 Å². The molecule has 0 aliphatic heterocycles. The maximum absolute atomic E-state index is 4.97. The van der Waals surface area contributed by atoms with E-state index >= 15 is 0 Å². The van der Waals surface area contributed by atoms with Gasteiger partial charge in [-0.05, 0) is 5.56 Å². The predicted molar refractivity (Wildman–Crippen MR) is 52.8 cm³/mol. The average Bonchev–Trinajstić information content (AvgIpc) is 2.72. The Labute approximate surface area is 81.4 Å². The lowest BCUT2D eigenvalue weighted by molar-refractivity contribution is 0.119. The Morgan fingerprint density at radius 3 is 2.86 bits per heavy atom. The zero-order valence-electron chi connectivity index (χ0n) is 7.45. The minimum Gasteiger partial charge on any atom is -0.263 e. The summed E-state index contributed by atoms with van der Waals surface area (Å²) in [5.41, 5.74) is 0.993. The van der Waals surface area contributed by atoms with Gasteiger partial charge in [0, 0.05) is 6.20 Å². The van der Waals surface area contributed by atoms with E-state index in [1.54, 1.807) is 18.6 Å². The highest BCUT2D eigenvalue weighted by Crippen LogP contribution is 1.93. The maximum Gasteiger partial charge on any atom is 0.134 e. The van der Waals surface area contributed by atoms with E-state index in [4.69, 9.17) is 4.94 Å². The summed E-state index contributed by atoms with van der Waals surface area (Å²) in [6.45, 7) is 0. The molecule has 1 aromatic heterocycles. The van der Waals surface area contributed by atoms with E-state index in [9.17, 15) is 0 Å². The second kappa shape index (κ2) is 4.23. The maximum atomic E-state index is 4.97. The van der Waals surface area contributed by atoms with Crippen LogP contribution in [0, 0.1) is 0 Å². The van der Waals surface area contributed by atoms with Crippen molar-refractivity contribution >= 4 is 6.21 Å². The topological polar surface area (TPSA) is 39.4 Å². The van der Waals surface area contributed by atoms with Crippen LogP contribution >= 0.6 is 0 Å². The molecular weight excluding hydrogens is 178 g/mol. The van der Waals surface area contributed by atoms with Crippen molar-refractivity contribution < 1.29 is 4.94 Å². The normalized spacial score (nSPS) is 10.6. The van der Waals surface area contributed by atoms with Gasteiger partial charge in [-0.3, -0.25) is 4.94 Å². The van der Waals surface area contributed by atoms with Crippen LogP contribution in [-0.2, 0) is 0 Å². The average molecular weight is 187 g/mol. The van der Waals surface area contributed by atoms with Gasteiger partial charge in [0.25, 0.3) is 0 Å². The number of aromatic nitrogens is 2. The quantitative estimate of drug-likeness (QED) is 0.537. The van der Waals surface area contributed by atoms with Crippen molar-refractivity contribution in [2.75, 3.05) is 0 Å². The van der Waals surface area contributed by atoms with E-state index in [0.717, 1.165) is 5.56 Å². The molecule has 1 heterocycles. The molecule has 4 heteroatoms. The van der Waals surface area contributed by atoms with Gasteiger partial charge in [-0.15, -0.1) is 4.73 Å². The molecule has 0 bridgehead atoms. The fourth-order valence-electron chi connectivity index (χ4n) is 0.973. The van der Waals surface area contributed by atoms with E-state index in [0.29, 0.717) is 0 Å². The Hall–Kier alpha value is -2.10. The van der Waals surface area contributed by atoms with E-state index < -0.39 is 0 Å². The summed E-state index contributed by atoms with van der Waals surface area (Å²) in [6.07, 6.45) is 6.46. The fourth-order valence-corrected chi connectivity index (χ4v) is 0.973. The lowest BCUT2D eigenvalue weighted by Gasteiger charge is -1.94. The smallest absolute Gasteiger partial charge is 0.134 e. The summed E-state index contributed by atoms with van der Waals surface area (Å²) in [5, 5.41) is 3.78. The molecule has 0 atom stereocenters. The highest BCUT2D eigenvalue weighted by atomic mass is 16.8. The molecule has 4 nitrogen and oxygen atoms in total. The Morgan fingerprint density at radius 1 is 1.29 bits per heavy atom. The third-order valence-electron chi connectivity index (χ3n) is 1.62. The van der Waals surface area contributed by atoms with E-state index in [1.165, 1.54) is 11.1 Å². The van der Waals surface area contributed by atoms with Crippen LogP contribution in [-0.4, -0.2) is 15.9 Å². The van der Waals surface area contributed by atoms with Gasteiger partial charge in [-0.2, -0.15) is 0 Å². The summed E-state index contributed by atoms with van der Waals surface area (Å²) >= 11 is 0. The Bertz CT molecular complexity index is 395. The first-order valence-electron chi connectivity index (χ1n) is 4.19. The van der Waals surface area contributed by atoms with Crippen LogP contribution in [0.1, 0.15) is 5.56 Å². The lowest BCUT2D eigenvalue weighted by atomic mass is 10.2. The van der Waals surface area contributed by atoms with Crippen molar-refractivity contribution in [3.63, 3.8) is 0 Å². The molecule has 0 spiro atoms. The van der Waals surface area contributed by atoms with Gasteiger partial charge < -0.3 is 0 Å². The van der Waals surface area contributed by atoms with Gasteiger partial charge >= 0.3 is 0 Å². The Kier molecular flexibility index (Phi) is 2.56. The molecule has 0 saturated heterocycles. The molecule has 1 aromatic carbocycles. The van der Waals surface area contributed by atoms with Gasteiger partial charge in [-0.25, -0.2) is 4.98 Å². The van der Waals surface area contributed by atoms with Crippen LogP contribution in [0.2, 0.25) is 0 Å². The van der Waals surface area contributed by atoms with E-state index in [-0.39, 0.29) is 0 Å². The number of hydrogen-bond donors (Lipinski definition) is 0. The monoisotopic (exact) mass is 187 g/mol. The molecule has 70 valence electrons. The van der Waals surface area contributed by atoms with E-state index in [1.807, 2.05) is 30.3 Å². The van der Waals surface area contributed by atoms with Crippen molar-refractivity contribution in [1.82, 2.24) is 9.71 Å². The highest BCUT2D eigenvalue weighted by molar-refractivity contribution is 5.78. The van der Waals surface area contributed by atoms with Crippen LogP contribution in [0.4, 0.5) is 0 Å². The molecule has 0 aliphatic rings. The second-order valence-electron chi connectivity index (χ2n) is 2.65. The molecule has 2 aromatic rings. The van der Waals surface area contributed by atoms with Crippen molar-refractivity contribution in [2.24, 2.45) is 5.16 Å². The van der Waals surface area contributed by atoms with Crippen LogP contribution in [0.25, 0.3) is 0 Å². The van der Waals surface area contributed by atoms with Crippen molar-refractivity contribution in [1.29, 1.82) is 0 Å². The molecule has 0 radical (unpaired) electrons. The van der Waals surface area contributed by atoms with Gasteiger partial charge in [-0.1, -0.05) is 35.5 Å². The van der Waals surface area contributed by atoms with Gasteiger partial charge in [0.05, 0.1) is 12.4 Å². The summed E-state index contributed by atoms with van der Waals surface area (Å²) in [7, 11) is 0. The molecule has 0 N–H and O–H groups in total. The summed E-state index contributed by atoms with van der Waals surface area (Å²) in [5.74, 6) is 0. The molecule has 0 amide bonds. The minimum atomic E-state index is 0.993. The van der Waals surface area contributed by atoms with Crippen LogP contribution in [0.15, 0.2) is 54.2 Å². The van der Waals surface area contributed by atoms with Crippen molar-refractivity contribution in [3.8, 4) is 0 Å². The molecule has 0 aliphatic carbocycles. The summed E-state index contributed by atoms with van der Waals surface area (Å²) < 4.78 is 1.42. The molecular formula is C10H9N3O. The lowest BCUT2D eigenvalue weighted by Crippen LogP contribution is -2.01. The summed E-state index contributed by atoms with van der Waals surface area (Å²) in [4.78, 5) is 8.79. The van der Waals surface area contributed by atoms with E-state index in [2.05, 4.69) is 10.1 Å². The first kappa shape index (κ1) is 8.50. The number of imidazole rings is 1. The van der Waals surface area contributed by atoms with Crippen molar-refractivity contribution in [2.45, 2.75) is 0 Å². The largest absolute Gasteiger partial charge is 0.263 e. The first-order valence-corrected chi connectivity index (χ1v) is 4.19. The molecule has 14 heavy (non-hydrogen) atoms. The third-order valence-corrected chi connectivity index (χ3v) is 1.62. The fraction of sp³-hybridized carbons (Fsp3) is 0. The Balaban J connectivity index is 1.96. The third kappa shape index (κ3) is 2.20. The summed E-state index contributed by atoms with van der Waals surface area (Å²) in [6, 6.07) is 9.73. The molecule has 2 rings (SSSR count). The zero-order chi connectivity index (χ0) is 9.64. The van der Waals surface area contributed by atoms with Gasteiger partial charge in [0.15, 0.2) is 0 Å². The number of oxime groups is 1. The second-order valence-corrected chi connectivity index (χ2v) is 2.65. The minimum absolute atomic E-state index is 0.993. The highest BCUT2D eigenvalue weighted by Gasteiger charge is 1.86. The standard InChI is InChI=1S/C10H9N3O/c1-2-4-10(5-3-1)8-12-14-13-7-6-11-9-13/h1-9H. The van der Waals surface area contributed by atoms with Crippen LogP contribution < -0.4 is 4.94 Å². The SMILES string of the molecule is C(=NOn1ccnc1)c1ccccc1. The van der Waals surface area contributed by atoms with Gasteiger partial charge in [0.2, 0.25) is 0 Å². The zero-order valence-corrected chi connectivity index (χ0v) is 7.45. The number of hydrogen-bond acceptors (Lipinski definition) is 3.